The summed E-state index contributed by atoms with van der Waals surface area (Å²) in [4.78, 5) is 44.4. The molecule has 14 nitrogen and oxygen atoms in total. The van der Waals surface area contributed by atoms with Gasteiger partial charge in [-0.1, -0.05) is 133 Å². The maximum absolute atomic E-state index is 13.2. The molecule has 0 aromatic heterocycles. The van der Waals surface area contributed by atoms with E-state index in [1.165, 1.54) is 85.9 Å². The van der Waals surface area contributed by atoms with E-state index in [0.717, 1.165) is 53.9 Å². The Kier molecular flexibility index (Phi) is 25.2. The first kappa shape index (κ1) is 71.7. The smallest absolute Gasteiger partial charge is 0.287 e. The lowest BCUT2D eigenvalue weighted by atomic mass is 9.95. The molecule has 0 bridgehead atoms. The summed E-state index contributed by atoms with van der Waals surface area (Å²) in [7, 11) is 4.63. The Balaban J connectivity index is 0.000000159. The van der Waals surface area contributed by atoms with Gasteiger partial charge in [0.05, 0.1) is 51.7 Å². The summed E-state index contributed by atoms with van der Waals surface area (Å²) in [6, 6.07) is 61.3. The third kappa shape index (κ3) is 18.0. The number of nitrogens with zero attached hydrogens (tertiary/aromatic N) is 3. The molecule has 3 fully saturated rings. The van der Waals surface area contributed by atoms with E-state index in [9.17, 15) is 53.1 Å². The van der Waals surface area contributed by atoms with E-state index in [1.807, 2.05) is 115 Å². The second-order valence-electron chi connectivity index (χ2n) is 23.9. The number of phenolic OH excluding ortho intramolecular Hbond substituents is 3. The largest absolute Gasteiger partial charge is 0.507 e. The van der Waals surface area contributed by atoms with Crippen LogP contribution in [-0.2, 0) is 6.42 Å². The number of para-hydroxylation sites is 3. The van der Waals surface area contributed by atoms with Crippen LogP contribution in [0.25, 0.3) is 0 Å². The van der Waals surface area contributed by atoms with Gasteiger partial charge in [0, 0.05) is 67.7 Å². The number of aromatic hydroxyl groups is 3. The average Bonchev–Trinajstić information content (AvgIpc) is 1.62. The minimum Gasteiger partial charge on any atom is -0.507 e. The fourth-order valence-electron chi connectivity index (χ4n) is 12.6. The zero-order chi connectivity index (χ0) is 69.2. The quantitative estimate of drug-likeness (QED) is 0.0359. The van der Waals surface area contributed by atoms with Crippen LogP contribution in [0.5, 0.6) is 34.5 Å². The van der Waals surface area contributed by atoms with Crippen molar-refractivity contribution < 1.29 is 67.3 Å². The topological polar surface area (TPSA) is 190 Å². The highest BCUT2D eigenvalue weighted by Crippen LogP contribution is 2.52. The molecule has 510 valence electrons. The van der Waals surface area contributed by atoms with Crippen molar-refractivity contribution in [2.45, 2.75) is 110 Å². The Labute approximate surface area is 582 Å². The molecule has 20 heteroatoms. The minimum absolute atomic E-state index is 0.00946. The number of aryl methyl sites for hydroxylation is 1. The second-order valence-corrected chi connectivity index (χ2v) is 27.4. The van der Waals surface area contributed by atoms with Gasteiger partial charge < -0.3 is 39.7 Å². The van der Waals surface area contributed by atoms with Crippen molar-refractivity contribution in [3.05, 3.63) is 269 Å². The van der Waals surface area contributed by atoms with Gasteiger partial charge >= 0.3 is 0 Å². The van der Waals surface area contributed by atoms with Crippen LogP contribution in [0.15, 0.2) is 218 Å². The van der Waals surface area contributed by atoms with Crippen LogP contribution in [0.2, 0.25) is 0 Å². The van der Waals surface area contributed by atoms with Gasteiger partial charge in [0.15, 0.2) is 0 Å². The van der Waals surface area contributed by atoms with E-state index in [4.69, 9.17) is 14.2 Å². The number of benzene rings is 9. The SMILES string of the molecule is COc1ccc(C2[C@@H](CCCC(O)c3ccc(F)cc3)SC(=O)N2c2ccccc2)c(O)c1.COc1ccc(C2[C@@H](CCC[C@@H](O)c3ccc(F)cc3)SC(=O)N2c2ccccc2)c(O)c1.COc1ccc([C@@H]2[C@@H](CCCCc3ccc(F)cc3)SC(=O)N2c2ccccc2)c(O)c1. The molecule has 0 aliphatic carbocycles. The molecule has 3 amide bonds. The number of halogens is 3. The third-order valence-corrected chi connectivity index (χ3v) is 21.2. The fraction of sp³-hybridized carbons (Fsp3) is 0.269. The van der Waals surface area contributed by atoms with Crippen molar-refractivity contribution in [1.29, 1.82) is 0 Å². The average molecular weight is 1390 g/mol. The number of aliphatic hydroxyl groups is 2. The number of unbranched alkanes of at least 4 members (excludes halogenated alkanes) is 1. The molecule has 3 saturated heterocycles. The van der Waals surface area contributed by atoms with Crippen molar-refractivity contribution in [2.24, 2.45) is 0 Å². The highest BCUT2D eigenvalue weighted by atomic mass is 32.2. The molecular weight excluding hydrogens is 1310 g/mol. The Morgan fingerprint density at radius 1 is 0.388 bits per heavy atom. The van der Waals surface area contributed by atoms with Crippen molar-refractivity contribution in [3.63, 3.8) is 0 Å². The summed E-state index contributed by atoms with van der Waals surface area (Å²) in [5, 5.41) is 52.8. The number of hydrogen-bond acceptors (Lipinski definition) is 14. The Bertz CT molecular complexity index is 3900. The van der Waals surface area contributed by atoms with Crippen molar-refractivity contribution >= 4 is 68.1 Å². The predicted octanol–water partition coefficient (Wildman–Crippen LogP) is 19.2. The van der Waals surface area contributed by atoms with Gasteiger partial charge in [0.25, 0.3) is 15.7 Å². The molecular formula is C78H78F3N3O11S3. The highest BCUT2D eigenvalue weighted by molar-refractivity contribution is 8.15. The van der Waals surface area contributed by atoms with Gasteiger partial charge in [0.2, 0.25) is 0 Å². The van der Waals surface area contributed by atoms with Gasteiger partial charge in [-0.3, -0.25) is 29.1 Å². The Hall–Kier alpha value is -9.05. The third-order valence-electron chi connectivity index (χ3n) is 17.6. The lowest BCUT2D eigenvalue weighted by Gasteiger charge is -2.28. The number of amides is 3. The molecule has 98 heavy (non-hydrogen) atoms. The summed E-state index contributed by atoms with van der Waals surface area (Å²) in [6.45, 7) is 0. The lowest BCUT2D eigenvalue weighted by molar-refractivity contribution is 0.163. The number of carbonyl (C=O) groups excluding carboxylic acids is 3. The number of hydrogen-bond donors (Lipinski definition) is 5. The zero-order valence-corrected chi connectivity index (χ0v) is 56.8. The van der Waals surface area contributed by atoms with Gasteiger partial charge in [-0.25, -0.2) is 13.2 Å². The number of aliphatic hydroxyl groups excluding tert-OH is 2. The number of ether oxygens (including phenoxy) is 3. The zero-order valence-electron chi connectivity index (χ0n) is 54.4. The summed E-state index contributed by atoms with van der Waals surface area (Å²) in [5.74, 6) is 1.03. The van der Waals surface area contributed by atoms with E-state index in [1.54, 1.807) is 88.5 Å². The second kappa shape index (κ2) is 34.4. The maximum atomic E-state index is 13.2. The van der Waals surface area contributed by atoms with Crippen LogP contribution in [0.4, 0.5) is 44.6 Å². The van der Waals surface area contributed by atoms with Crippen LogP contribution in [-0.4, -0.2) is 78.3 Å². The number of carbonyl (C=O) groups is 3. The van der Waals surface area contributed by atoms with Crippen LogP contribution in [0.3, 0.4) is 0 Å². The summed E-state index contributed by atoms with van der Waals surface area (Å²) < 4.78 is 55.1. The summed E-state index contributed by atoms with van der Waals surface area (Å²) >= 11 is 3.84. The van der Waals surface area contributed by atoms with Crippen LogP contribution in [0.1, 0.15) is 122 Å². The molecule has 0 spiro atoms. The summed E-state index contributed by atoms with van der Waals surface area (Å²) in [5.41, 5.74) is 6.83. The van der Waals surface area contributed by atoms with Crippen molar-refractivity contribution in [2.75, 3.05) is 36.0 Å². The van der Waals surface area contributed by atoms with Crippen LogP contribution in [0, 0.1) is 17.5 Å². The Morgan fingerprint density at radius 3 is 0.980 bits per heavy atom. The summed E-state index contributed by atoms with van der Waals surface area (Å²) in [6.07, 6.45) is 5.80. The Morgan fingerprint density at radius 2 is 0.684 bits per heavy atom. The normalized spacial score (nSPS) is 18.7. The number of rotatable bonds is 24. The van der Waals surface area contributed by atoms with E-state index in [0.29, 0.717) is 78.0 Å². The van der Waals surface area contributed by atoms with Gasteiger partial charge in [-0.05, 0) is 184 Å². The fourth-order valence-corrected chi connectivity index (χ4v) is 16.4. The van der Waals surface area contributed by atoms with E-state index in [2.05, 4.69) is 0 Å². The van der Waals surface area contributed by atoms with Gasteiger partial charge in [-0.15, -0.1) is 0 Å². The molecule has 8 atom stereocenters. The first-order valence-electron chi connectivity index (χ1n) is 32.4. The minimum atomic E-state index is -0.703. The first-order valence-corrected chi connectivity index (χ1v) is 35.0. The molecule has 9 aromatic rings. The molecule has 9 aromatic carbocycles. The van der Waals surface area contributed by atoms with E-state index < -0.39 is 12.2 Å². The van der Waals surface area contributed by atoms with Gasteiger partial charge in [0.1, 0.15) is 51.9 Å². The van der Waals surface area contributed by atoms with E-state index >= 15 is 0 Å². The molecule has 0 saturated carbocycles. The number of anilines is 3. The number of thioether (sulfide) groups is 3. The molecule has 5 N–H and O–H groups in total. The van der Waals surface area contributed by atoms with Crippen molar-refractivity contribution in [1.82, 2.24) is 0 Å². The highest BCUT2D eigenvalue weighted by Gasteiger charge is 2.46. The van der Waals surface area contributed by atoms with Crippen molar-refractivity contribution in [3.8, 4) is 34.5 Å². The predicted molar refractivity (Wildman–Crippen MR) is 384 cm³/mol. The van der Waals surface area contributed by atoms with Crippen LogP contribution < -0.4 is 28.9 Å². The van der Waals surface area contributed by atoms with E-state index in [-0.39, 0.29) is 84.3 Å². The van der Waals surface area contributed by atoms with Crippen LogP contribution >= 0.6 is 35.3 Å². The number of methoxy groups -OCH3 is 3. The molecule has 3 aliphatic rings. The molecule has 0 radical (unpaired) electrons. The van der Waals surface area contributed by atoms with Gasteiger partial charge in [-0.2, -0.15) is 0 Å². The molecule has 12 rings (SSSR count). The first-order chi connectivity index (χ1) is 47.5. The number of phenols is 3. The monoisotopic (exact) mass is 1390 g/mol. The molecule has 3 unspecified atom stereocenters. The molecule has 3 heterocycles. The standard InChI is InChI=1S/2C26H26FNO4S.C26H26FNO3S/c2*1-32-20-14-15-21(23(30)16-20)25-24(33-26(31)28(25)19-6-3-2-4-7-19)9-5-8-22(29)17-10-12-18(27)13-11-17;1-31-21-15-16-22(23(29)17-21)25-24(10-6-5-7-18-11-13-19(27)14-12-18)32-26(30)28(25)20-8-3-2-4-9-20/h2*2-4,6-7,10-16,22,24-25,29-30H,5,8-9H2,1H3;2-4,8-9,11-17,24-25,29H,5-7,10H2,1H3/t22?,24-,25?;22-,24-,25?;24-,25-/m111/s1. The molecule has 3 aliphatic heterocycles. The maximum Gasteiger partial charge on any atom is 0.287 e. The lowest BCUT2D eigenvalue weighted by Crippen LogP contribution is -2.29.